The van der Waals surface area contributed by atoms with Crippen molar-refractivity contribution in [3.05, 3.63) is 58.1 Å². The number of hydrogen-bond acceptors (Lipinski definition) is 2. The van der Waals surface area contributed by atoms with Crippen molar-refractivity contribution in [2.75, 3.05) is 5.32 Å². The first-order valence-corrected chi connectivity index (χ1v) is 6.22. The maximum absolute atomic E-state index is 12.1. The predicted molar refractivity (Wildman–Crippen MR) is 74.9 cm³/mol. The van der Waals surface area contributed by atoms with Gasteiger partial charge in [-0.25, -0.2) is 0 Å². The van der Waals surface area contributed by atoms with Gasteiger partial charge in [0, 0.05) is 16.2 Å². The number of carbonyl (C=O) groups is 1. The minimum atomic E-state index is -0.212. The van der Waals surface area contributed by atoms with Crippen molar-refractivity contribution in [2.45, 2.75) is 6.92 Å². The second-order valence-electron chi connectivity index (χ2n) is 3.99. The van der Waals surface area contributed by atoms with Gasteiger partial charge in [0.25, 0.3) is 5.91 Å². The molecule has 0 saturated heterocycles. The number of halogens is 1. The number of aromatic hydroxyl groups is 1. The lowest BCUT2D eigenvalue weighted by Crippen LogP contribution is -2.12. The van der Waals surface area contributed by atoms with Gasteiger partial charge >= 0.3 is 0 Å². The van der Waals surface area contributed by atoms with Gasteiger partial charge in [0.2, 0.25) is 0 Å². The van der Waals surface area contributed by atoms with E-state index in [0.29, 0.717) is 11.3 Å². The van der Waals surface area contributed by atoms with E-state index in [1.165, 1.54) is 6.07 Å². The Bertz CT molecular complexity index is 596. The smallest absolute Gasteiger partial charge is 0.256 e. The first-order valence-electron chi connectivity index (χ1n) is 5.43. The molecule has 0 aliphatic heterocycles. The van der Waals surface area contributed by atoms with Crippen molar-refractivity contribution in [3.8, 4) is 5.75 Å². The van der Waals surface area contributed by atoms with Crippen molar-refractivity contribution in [1.82, 2.24) is 0 Å². The summed E-state index contributed by atoms with van der Waals surface area (Å²) >= 11 is 3.35. The minimum Gasteiger partial charge on any atom is -0.508 e. The molecule has 0 heterocycles. The van der Waals surface area contributed by atoms with Crippen LogP contribution in [-0.2, 0) is 0 Å². The van der Waals surface area contributed by atoms with E-state index in [-0.39, 0.29) is 11.7 Å². The molecule has 0 aromatic heterocycles. The third-order valence-corrected chi connectivity index (χ3v) is 3.16. The summed E-state index contributed by atoms with van der Waals surface area (Å²) in [5, 5.41) is 12.1. The molecule has 2 aromatic carbocycles. The molecule has 0 aliphatic carbocycles. The molecule has 0 radical (unpaired) electrons. The van der Waals surface area contributed by atoms with Gasteiger partial charge in [0.15, 0.2) is 0 Å². The fourth-order valence-electron chi connectivity index (χ4n) is 1.60. The van der Waals surface area contributed by atoms with Gasteiger partial charge in [-0.1, -0.05) is 17.7 Å². The summed E-state index contributed by atoms with van der Waals surface area (Å²) in [6.07, 6.45) is 0. The number of carbonyl (C=O) groups excluding carboxylic acids is 1. The summed E-state index contributed by atoms with van der Waals surface area (Å²) in [5.41, 5.74) is 2.14. The van der Waals surface area contributed by atoms with Gasteiger partial charge in [0.05, 0.1) is 5.56 Å². The Balaban J connectivity index is 2.24. The Morgan fingerprint density at radius 3 is 2.72 bits per heavy atom. The second-order valence-corrected chi connectivity index (χ2v) is 4.84. The molecular formula is C14H12BrNO2. The summed E-state index contributed by atoms with van der Waals surface area (Å²) in [6, 6.07) is 12.0. The molecule has 0 aliphatic rings. The Morgan fingerprint density at radius 2 is 2.00 bits per heavy atom. The highest BCUT2D eigenvalue weighted by Gasteiger charge is 2.10. The fourth-order valence-corrected chi connectivity index (χ4v) is 2.02. The van der Waals surface area contributed by atoms with E-state index in [1.54, 1.807) is 18.2 Å². The van der Waals surface area contributed by atoms with Crippen molar-refractivity contribution >= 4 is 27.5 Å². The van der Waals surface area contributed by atoms with E-state index in [4.69, 9.17) is 0 Å². The monoisotopic (exact) mass is 305 g/mol. The molecule has 0 spiro atoms. The Kier molecular flexibility index (Phi) is 3.67. The molecule has 4 heteroatoms. The van der Waals surface area contributed by atoms with Crippen LogP contribution >= 0.6 is 15.9 Å². The van der Waals surface area contributed by atoms with Crippen molar-refractivity contribution < 1.29 is 9.90 Å². The summed E-state index contributed by atoms with van der Waals surface area (Å²) < 4.78 is 0.741. The molecule has 18 heavy (non-hydrogen) atoms. The number of amides is 1. The van der Waals surface area contributed by atoms with E-state index in [2.05, 4.69) is 21.2 Å². The van der Waals surface area contributed by atoms with Gasteiger partial charge < -0.3 is 10.4 Å². The average molecular weight is 306 g/mol. The van der Waals surface area contributed by atoms with Gasteiger partial charge in [-0.3, -0.25) is 4.79 Å². The number of nitrogens with one attached hydrogen (secondary N) is 1. The van der Waals surface area contributed by atoms with Crippen molar-refractivity contribution in [2.24, 2.45) is 0 Å². The summed E-state index contributed by atoms with van der Waals surface area (Å²) in [6.45, 7) is 1.93. The van der Waals surface area contributed by atoms with Crippen LogP contribution in [0.1, 0.15) is 15.9 Å². The van der Waals surface area contributed by atoms with Crippen LogP contribution in [0.15, 0.2) is 46.9 Å². The van der Waals surface area contributed by atoms with Crippen LogP contribution < -0.4 is 5.32 Å². The molecule has 92 valence electrons. The summed E-state index contributed by atoms with van der Waals surface area (Å²) in [4.78, 5) is 12.1. The second kappa shape index (κ2) is 5.23. The van der Waals surface area contributed by atoms with Crippen LogP contribution in [0.25, 0.3) is 0 Å². The standard InChI is InChI=1S/C14H12BrNO2/c1-9-5-6-13(15)12(7-9)14(18)16-10-3-2-4-11(17)8-10/h2-8,17H,1H3,(H,16,18). The molecule has 3 nitrogen and oxygen atoms in total. The number of aryl methyl sites for hydroxylation is 1. The number of rotatable bonds is 2. The molecule has 0 unspecified atom stereocenters. The van der Waals surface area contributed by atoms with Crippen LogP contribution in [0.3, 0.4) is 0 Å². The highest BCUT2D eigenvalue weighted by atomic mass is 79.9. The molecule has 0 bridgehead atoms. The van der Waals surface area contributed by atoms with Crippen molar-refractivity contribution in [1.29, 1.82) is 0 Å². The first kappa shape index (κ1) is 12.6. The average Bonchev–Trinajstić information content (AvgIpc) is 2.32. The predicted octanol–water partition coefficient (Wildman–Crippen LogP) is 3.72. The number of phenols is 1. The van der Waals surface area contributed by atoms with E-state index in [9.17, 15) is 9.90 Å². The summed E-state index contributed by atoms with van der Waals surface area (Å²) in [7, 11) is 0. The number of anilines is 1. The van der Waals surface area contributed by atoms with E-state index >= 15 is 0 Å². The molecule has 0 atom stereocenters. The number of hydrogen-bond donors (Lipinski definition) is 2. The zero-order chi connectivity index (χ0) is 13.1. The number of phenolic OH excluding ortho intramolecular Hbond substituents is 1. The van der Waals surface area contributed by atoms with E-state index in [1.807, 2.05) is 25.1 Å². The molecule has 2 aromatic rings. The zero-order valence-electron chi connectivity index (χ0n) is 9.77. The molecular weight excluding hydrogens is 294 g/mol. The summed E-state index contributed by atoms with van der Waals surface area (Å²) in [5.74, 6) is -0.0905. The Morgan fingerprint density at radius 1 is 1.22 bits per heavy atom. The molecule has 1 amide bonds. The fraction of sp³-hybridized carbons (Fsp3) is 0.0714. The maximum Gasteiger partial charge on any atom is 0.256 e. The number of benzene rings is 2. The molecule has 2 rings (SSSR count). The highest BCUT2D eigenvalue weighted by molar-refractivity contribution is 9.10. The molecule has 2 N–H and O–H groups in total. The minimum absolute atomic E-state index is 0.121. The van der Waals surface area contributed by atoms with Crippen LogP contribution in [0, 0.1) is 6.92 Å². The van der Waals surface area contributed by atoms with Crippen LogP contribution in [0.4, 0.5) is 5.69 Å². The van der Waals surface area contributed by atoms with Gasteiger partial charge in [0.1, 0.15) is 5.75 Å². The first-order chi connectivity index (χ1) is 8.56. The maximum atomic E-state index is 12.1. The van der Waals surface area contributed by atoms with Gasteiger partial charge in [-0.15, -0.1) is 0 Å². The Hall–Kier alpha value is -1.81. The van der Waals surface area contributed by atoms with E-state index < -0.39 is 0 Å². The normalized spacial score (nSPS) is 10.1. The SMILES string of the molecule is Cc1ccc(Br)c(C(=O)Nc2cccc(O)c2)c1. The third-order valence-electron chi connectivity index (χ3n) is 2.47. The topological polar surface area (TPSA) is 49.3 Å². The van der Waals surface area contributed by atoms with Crippen molar-refractivity contribution in [3.63, 3.8) is 0 Å². The largest absolute Gasteiger partial charge is 0.508 e. The van der Waals surface area contributed by atoms with Crippen LogP contribution in [0.5, 0.6) is 5.75 Å². The van der Waals surface area contributed by atoms with Gasteiger partial charge in [-0.05, 0) is 47.1 Å². The highest BCUT2D eigenvalue weighted by Crippen LogP contribution is 2.21. The van der Waals surface area contributed by atoms with Crippen LogP contribution in [0.2, 0.25) is 0 Å². The Labute approximate surface area is 114 Å². The molecule has 0 saturated carbocycles. The zero-order valence-corrected chi connectivity index (χ0v) is 11.4. The molecule has 0 fully saturated rings. The van der Waals surface area contributed by atoms with Gasteiger partial charge in [-0.2, -0.15) is 0 Å². The van der Waals surface area contributed by atoms with E-state index in [0.717, 1.165) is 10.0 Å². The van der Waals surface area contributed by atoms with Crippen LogP contribution in [-0.4, -0.2) is 11.0 Å². The third kappa shape index (κ3) is 2.90. The lowest BCUT2D eigenvalue weighted by Gasteiger charge is -2.08. The quantitative estimate of drug-likeness (QED) is 0.888. The lowest BCUT2D eigenvalue weighted by atomic mass is 10.1. The lowest BCUT2D eigenvalue weighted by molar-refractivity contribution is 0.102.